The van der Waals surface area contributed by atoms with Crippen LogP contribution in [-0.4, -0.2) is 39.2 Å². The van der Waals surface area contributed by atoms with E-state index in [2.05, 4.69) is 54.7 Å². The van der Waals surface area contributed by atoms with Gasteiger partial charge in [0.25, 0.3) is 0 Å². The molecule has 2 bridgehead atoms. The van der Waals surface area contributed by atoms with Gasteiger partial charge in [-0.15, -0.1) is 0 Å². The topological polar surface area (TPSA) is 24.5 Å². The normalized spacial score (nSPS) is 27.5. The summed E-state index contributed by atoms with van der Waals surface area (Å²) in [7, 11) is 6.02. The fraction of sp³-hybridized carbons (Fsp3) is 0.579. The Bertz CT molecular complexity index is 526. The predicted molar refractivity (Wildman–Crippen MR) is 91.1 cm³/mol. The number of allylic oxidation sites excluding steroid dienone is 2. The summed E-state index contributed by atoms with van der Waals surface area (Å²) >= 11 is 0. The van der Waals surface area contributed by atoms with Crippen molar-refractivity contribution in [2.75, 3.05) is 34.3 Å². The number of likely N-dealkylation sites (N-methyl/N-ethyl adjacent to an activating group) is 1. The van der Waals surface area contributed by atoms with Crippen LogP contribution in [0.2, 0.25) is 0 Å². The van der Waals surface area contributed by atoms with Gasteiger partial charge in [-0.05, 0) is 68.9 Å². The Hall–Kier alpha value is -1.32. The maximum absolute atomic E-state index is 5.36. The Morgan fingerprint density at radius 2 is 2.14 bits per heavy atom. The molecule has 3 nitrogen and oxygen atoms in total. The first-order valence-electron chi connectivity index (χ1n) is 8.36. The number of hydrogen-bond donors (Lipinski definition) is 1. The van der Waals surface area contributed by atoms with Gasteiger partial charge in [0.05, 0.1) is 7.11 Å². The monoisotopic (exact) mass is 300 g/mol. The molecule has 2 aliphatic carbocycles. The van der Waals surface area contributed by atoms with E-state index in [1.54, 1.807) is 7.11 Å². The number of nitrogens with one attached hydrogen (secondary N) is 1. The number of nitrogens with zero attached hydrogens (tertiary/aromatic N) is 1. The van der Waals surface area contributed by atoms with Gasteiger partial charge in [-0.25, -0.2) is 0 Å². The van der Waals surface area contributed by atoms with Gasteiger partial charge in [0.1, 0.15) is 5.75 Å². The summed E-state index contributed by atoms with van der Waals surface area (Å²) in [6.45, 7) is 2.12. The second-order valence-electron chi connectivity index (χ2n) is 6.95. The third kappa shape index (κ3) is 3.36. The minimum atomic E-state index is 0.379. The molecule has 0 saturated heterocycles. The Morgan fingerprint density at radius 1 is 1.27 bits per heavy atom. The molecule has 22 heavy (non-hydrogen) atoms. The lowest BCUT2D eigenvalue weighted by atomic mass is 9.93. The smallest absolute Gasteiger partial charge is 0.119 e. The number of benzene rings is 1. The number of methoxy groups -OCH3 is 1. The standard InChI is InChI=1S/C19H28N2O/c1-21(2)19(16-5-4-6-18(11-16)22-3)13-20-12-17-10-14-7-8-15(17)9-14/h4-8,11,14-15,17,19-20H,9-10,12-13H2,1-3H3. The molecule has 0 heterocycles. The lowest BCUT2D eigenvalue weighted by Gasteiger charge is -2.27. The van der Waals surface area contributed by atoms with Crippen molar-refractivity contribution >= 4 is 0 Å². The van der Waals surface area contributed by atoms with E-state index >= 15 is 0 Å². The summed E-state index contributed by atoms with van der Waals surface area (Å²) < 4.78 is 5.36. The molecular formula is C19H28N2O. The quantitative estimate of drug-likeness (QED) is 0.783. The van der Waals surface area contributed by atoms with Crippen molar-refractivity contribution in [1.29, 1.82) is 0 Å². The highest BCUT2D eigenvalue weighted by atomic mass is 16.5. The Kier molecular flexibility index (Phi) is 4.84. The Morgan fingerprint density at radius 3 is 2.77 bits per heavy atom. The van der Waals surface area contributed by atoms with Gasteiger partial charge in [0.15, 0.2) is 0 Å². The van der Waals surface area contributed by atoms with E-state index < -0.39 is 0 Å². The molecule has 3 rings (SSSR count). The summed E-state index contributed by atoms with van der Waals surface area (Å²) in [6.07, 6.45) is 7.62. The lowest BCUT2D eigenvalue weighted by Crippen LogP contribution is -2.34. The minimum Gasteiger partial charge on any atom is -0.497 e. The first kappa shape index (κ1) is 15.6. The van der Waals surface area contributed by atoms with Gasteiger partial charge >= 0.3 is 0 Å². The summed E-state index contributed by atoms with van der Waals surface area (Å²) in [6, 6.07) is 8.79. The summed E-state index contributed by atoms with van der Waals surface area (Å²) in [5.41, 5.74) is 1.31. The van der Waals surface area contributed by atoms with Crippen LogP contribution in [0.25, 0.3) is 0 Å². The van der Waals surface area contributed by atoms with E-state index in [4.69, 9.17) is 4.74 Å². The van der Waals surface area contributed by atoms with Crippen molar-refractivity contribution in [1.82, 2.24) is 10.2 Å². The molecule has 1 aromatic carbocycles. The van der Waals surface area contributed by atoms with Gasteiger partial charge in [0, 0.05) is 12.6 Å². The van der Waals surface area contributed by atoms with Crippen LogP contribution in [0.5, 0.6) is 5.75 Å². The minimum absolute atomic E-state index is 0.379. The maximum Gasteiger partial charge on any atom is 0.119 e. The molecule has 4 atom stereocenters. The zero-order chi connectivity index (χ0) is 15.5. The van der Waals surface area contributed by atoms with Crippen molar-refractivity contribution in [3.8, 4) is 5.75 Å². The Labute approximate surface area is 134 Å². The highest BCUT2D eigenvalue weighted by molar-refractivity contribution is 5.30. The highest BCUT2D eigenvalue weighted by Crippen LogP contribution is 2.43. The van der Waals surface area contributed by atoms with Crippen molar-refractivity contribution in [2.45, 2.75) is 18.9 Å². The van der Waals surface area contributed by atoms with E-state index in [9.17, 15) is 0 Å². The fourth-order valence-electron chi connectivity index (χ4n) is 3.98. The predicted octanol–water partition coefficient (Wildman–Crippen LogP) is 3.10. The second kappa shape index (κ2) is 6.84. The fourth-order valence-corrected chi connectivity index (χ4v) is 3.98. The average Bonchev–Trinajstić information content (AvgIpc) is 3.14. The lowest BCUT2D eigenvalue weighted by molar-refractivity contribution is 0.279. The zero-order valence-corrected chi connectivity index (χ0v) is 14.0. The van der Waals surface area contributed by atoms with E-state index in [-0.39, 0.29) is 0 Å². The average molecular weight is 300 g/mol. The van der Waals surface area contributed by atoms with Crippen molar-refractivity contribution in [3.63, 3.8) is 0 Å². The van der Waals surface area contributed by atoms with Gasteiger partial charge in [0.2, 0.25) is 0 Å². The van der Waals surface area contributed by atoms with Crippen molar-refractivity contribution in [2.24, 2.45) is 17.8 Å². The molecule has 4 unspecified atom stereocenters. The van der Waals surface area contributed by atoms with E-state index in [0.717, 1.165) is 36.6 Å². The third-order valence-corrected chi connectivity index (χ3v) is 5.26. The molecule has 1 N–H and O–H groups in total. The molecule has 0 spiro atoms. The largest absolute Gasteiger partial charge is 0.497 e. The summed E-state index contributed by atoms with van der Waals surface area (Å²) in [5, 5.41) is 3.71. The Balaban J connectivity index is 1.56. The molecular weight excluding hydrogens is 272 g/mol. The molecule has 3 heteroatoms. The molecule has 0 amide bonds. The van der Waals surface area contributed by atoms with Crippen LogP contribution in [0.3, 0.4) is 0 Å². The molecule has 120 valence electrons. The number of fused-ring (bicyclic) bond motifs is 2. The maximum atomic E-state index is 5.36. The highest BCUT2D eigenvalue weighted by Gasteiger charge is 2.35. The van der Waals surface area contributed by atoms with Gasteiger partial charge in [-0.3, -0.25) is 0 Å². The molecule has 1 aromatic rings. The van der Waals surface area contributed by atoms with Crippen LogP contribution < -0.4 is 10.1 Å². The molecule has 0 aromatic heterocycles. The molecule has 1 fully saturated rings. The summed E-state index contributed by atoms with van der Waals surface area (Å²) in [5.74, 6) is 3.46. The van der Waals surface area contributed by atoms with Crippen molar-refractivity contribution in [3.05, 3.63) is 42.0 Å². The van der Waals surface area contributed by atoms with Crippen LogP contribution >= 0.6 is 0 Å². The van der Waals surface area contributed by atoms with Crippen molar-refractivity contribution < 1.29 is 4.74 Å². The van der Waals surface area contributed by atoms with E-state index in [0.29, 0.717) is 6.04 Å². The van der Waals surface area contributed by atoms with E-state index in [1.807, 2.05) is 6.07 Å². The molecule has 0 aliphatic heterocycles. The van der Waals surface area contributed by atoms with Crippen LogP contribution in [0.1, 0.15) is 24.4 Å². The van der Waals surface area contributed by atoms with Gasteiger partial charge < -0.3 is 15.0 Å². The first-order chi connectivity index (χ1) is 10.7. The van der Waals surface area contributed by atoms with Crippen LogP contribution in [-0.2, 0) is 0 Å². The molecule has 1 saturated carbocycles. The number of rotatable bonds is 7. The van der Waals surface area contributed by atoms with Crippen LogP contribution in [0.4, 0.5) is 0 Å². The third-order valence-electron chi connectivity index (χ3n) is 5.26. The van der Waals surface area contributed by atoms with Gasteiger partial charge in [-0.2, -0.15) is 0 Å². The number of ether oxygens (including phenoxy) is 1. The zero-order valence-electron chi connectivity index (χ0n) is 14.0. The molecule has 0 radical (unpaired) electrons. The first-order valence-corrected chi connectivity index (χ1v) is 8.36. The SMILES string of the molecule is COc1cccc(C(CNCC2CC3C=CC2C3)N(C)C)c1. The molecule has 2 aliphatic rings. The summed E-state index contributed by atoms with van der Waals surface area (Å²) in [4.78, 5) is 2.28. The number of hydrogen-bond acceptors (Lipinski definition) is 3. The van der Waals surface area contributed by atoms with Crippen LogP contribution in [0, 0.1) is 17.8 Å². The second-order valence-corrected chi connectivity index (χ2v) is 6.95. The van der Waals surface area contributed by atoms with Crippen LogP contribution in [0.15, 0.2) is 36.4 Å². The van der Waals surface area contributed by atoms with E-state index in [1.165, 1.54) is 18.4 Å². The van der Waals surface area contributed by atoms with Gasteiger partial charge in [-0.1, -0.05) is 24.3 Å².